The third-order valence-corrected chi connectivity index (χ3v) is 3.22. The van der Waals surface area contributed by atoms with Crippen molar-refractivity contribution >= 4 is 17.7 Å². The Kier molecular flexibility index (Phi) is 4.51. The van der Waals surface area contributed by atoms with Gasteiger partial charge in [-0.25, -0.2) is 4.39 Å². The van der Waals surface area contributed by atoms with Crippen molar-refractivity contribution in [2.45, 2.75) is 23.5 Å². The number of hydrogen-bond acceptors (Lipinski definition) is 5. The fraction of sp³-hybridized carbons (Fsp3) is 0.250. The van der Waals surface area contributed by atoms with Crippen LogP contribution in [0.3, 0.4) is 0 Å². The van der Waals surface area contributed by atoms with Crippen LogP contribution in [0.1, 0.15) is 18.1 Å². The van der Waals surface area contributed by atoms with Gasteiger partial charge >= 0.3 is 5.97 Å². The molecule has 0 atom stereocenters. The number of halogens is 1. The standard InChI is InChI=1S/C12H11FN2O3S/c13-8-2-1-3-9(6-8)19-7-10-14-11(18-15-10)4-5-12(16)17/h1-3,6H,4-5,7H2,(H,16,17). The van der Waals surface area contributed by atoms with Gasteiger partial charge in [-0.15, -0.1) is 11.8 Å². The molecule has 0 amide bonds. The van der Waals surface area contributed by atoms with E-state index in [9.17, 15) is 9.18 Å². The van der Waals surface area contributed by atoms with Crippen molar-refractivity contribution < 1.29 is 18.8 Å². The van der Waals surface area contributed by atoms with E-state index in [4.69, 9.17) is 9.63 Å². The molecule has 0 aliphatic carbocycles. The predicted octanol–water partition coefficient (Wildman–Crippen LogP) is 2.52. The molecule has 0 saturated heterocycles. The van der Waals surface area contributed by atoms with Gasteiger partial charge in [0.2, 0.25) is 5.89 Å². The molecule has 7 heteroatoms. The molecule has 2 aromatic rings. The topological polar surface area (TPSA) is 76.2 Å². The number of thioether (sulfide) groups is 1. The van der Waals surface area contributed by atoms with Crippen LogP contribution in [0.15, 0.2) is 33.7 Å². The second-order valence-corrected chi connectivity index (χ2v) is 4.79. The molecule has 0 fully saturated rings. The molecule has 2 rings (SSSR count). The molecule has 5 nitrogen and oxygen atoms in total. The Hall–Kier alpha value is -1.89. The lowest BCUT2D eigenvalue weighted by Crippen LogP contribution is -1.97. The monoisotopic (exact) mass is 282 g/mol. The van der Waals surface area contributed by atoms with E-state index in [0.29, 0.717) is 17.5 Å². The highest BCUT2D eigenvalue weighted by atomic mass is 32.2. The van der Waals surface area contributed by atoms with E-state index in [2.05, 4.69) is 10.1 Å². The first-order valence-electron chi connectivity index (χ1n) is 5.55. The Morgan fingerprint density at radius 1 is 1.47 bits per heavy atom. The molecule has 0 unspecified atom stereocenters. The van der Waals surface area contributed by atoms with Crippen molar-refractivity contribution in [2.24, 2.45) is 0 Å². The van der Waals surface area contributed by atoms with Gasteiger partial charge < -0.3 is 9.63 Å². The van der Waals surface area contributed by atoms with Crippen LogP contribution in [-0.4, -0.2) is 21.2 Å². The minimum Gasteiger partial charge on any atom is -0.481 e. The molecular formula is C12H11FN2O3S. The summed E-state index contributed by atoms with van der Waals surface area (Å²) in [5, 5.41) is 12.3. The lowest BCUT2D eigenvalue weighted by molar-refractivity contribution is -0.137. The van der Waals surface area contributed by atoms with E-state index in [-0.39, 0.29) is 18.7 Å². The third-order valence-electron chi connectivity index (χ3n) is 2.23. The van der Waals surface area contributed by atoms with Crippen molar-refractivity contribution in [1.82, 2.24) is 10.1 Å². The number of aryl methyl sites for hydroxylation is 1. The lowest BCUT2D eigenvalue weighted by atomic mass is 10.3. The Morgan fingerprint density at radius 2 is 2.32 bits per heavy atom. The Labute approximate surface area is 112 Å². The van der Waals surface area contributed by atoms with Gasteiger partial charge in [0.15, 0.2) is 5.82 Å². The van der Waals surface area contributed by atoms with E-state index >= 15 is 0 Å². The van der Waals surface area contributed by atoms with Crippen molar-refractivity contribution in [3.8, 4) is 0 Å². The van der Waals surface area contributed by atoms with Crippen molar-refractivity contribution in [1.29, 1.82) is 0 Å². The van der Waals surface area contributed by atoms with Crippen LogP contribution < -0.4 is 0 Å². The molecule has 1 N–H and O–H groups in total. The summed E-state index contributed by atoms with van der Waals surface area (Å²) in [6.07, 6.45) is 0.172. The number of carbonyl (C=O) groups is 1. The number of benzene rings is 1. The van der Waals surface area contributed by atoms with Crippen molar-refractivity contribution in [2.75, 3.05) is 0 Å². The van der Waals surface area contributed by atoms with Crippen LogP contribution in [0.5, 0.6) is 0 Å². The first kappa shape index (κ1) is 13.5. The Bertz CT molecular complexity index is 574. The van der Waals surface area contributed by atoms with Gasteiger partial charge in [0.1, 0.15) is 5.82 Å². The van der Waals surface area contributed by atoms with E-state index in [1.165, 1.54) is 23.9 Å². The summed E-state index contributed by atoms with van der Waals surface area (Å²) < 4.78 is 17.9. The predicted molar refractivity (Wildman–Crippen MR) is 66.2 cm³/mol. The van der Waals surface area contributed by atoms with Gasteiger partial charge in [-0.2, -0.15) is 4.98 Å². The molecule has 0 aliphatic heterocycles. The van der Waals surface area contributed by atoms with Crippen LogP contribution in [0.4, 0.5) is 4.39 Å². The maximum absolute atomic E-state index is 13.0. The molecule has 100 valence electrons. The summed E-state index contributed by atoms with van der Waals surface area (Å²) in [6.45, 7) is 0. The number of aromatic nitrogens is 2. The minimum atomic E-state index is -0.908. The van der Waals surface area contributed by atoms with Crippen molar-refractivity contribution in [3.63, 3.8) is 0 Å². The van der Waals surface area contributed by atoms with E-state index in [1.807, 2.05) is 0 Å². The summed E-state index contributed by atoms with van der Waals surface area (Å²) in [6, 6.07) is 6.23. The van der Waals surface area contributed by atoms with E-state index < -0.39 is 5.97 Å². The van der Waals surface area contributed by atoms with E-state index in [0.717, 1.165) is 4.90 Å². The number of aliphatic carboxylic acids is 1. The summed E-state index contributed by atoms with van der Waals surface area (Å²) in [4.78, 5) is 15.2. The fourth-order valence-electron chi connectivity index (χ4n) is 1.37. The molecule has 0 saturated carbocycles. The normalized spacial score (nSPS) is 10.6. The minimum absolute atomic E-state index is 0.0430. The van der Waals surface area contributed by atoms with Crippen LogP contribution >= 0.6 is 11.8 Å². The summed E-state index contributed by atoms with van der Waals surface area (Å²) in [7, 11) is 0. The van der Waals surface area contributed by atoms with Crippen LogP contribution in [-0.2, 0) is 17.0 Å². The molecule has 1 aromatic carbocycles. The highest BCUT2D eigenvalue weighted by Gasteiger charge is 2.08. The molecular weight excluding hydrogens is 271 g/mol. The Morgan fingerprint density at radius 3 is 3.05 bits per heavy atom. The van der Waals surface area contributed by atoms with Crippen LogP contribution in [0, 0.1) is 5.82 Å². The van der Waals surface area contributed by atoms with Gasteiger partial charge in [-0.1, -0.05) is 11.2 Å². The maximum Gasteiger partial charge on any atom is 0.303 e. The van der Waals surface area contributed by atoms with Gasteiger partial charge in [-0.3, -0.25) is 4.79 Å². The van der Waals surface area contributed by atoms with Crippen molar-refractivity contribution in [3.05, 3.63) is 41.8 Å². The van der Waals surface area contributed by atoms with Gasteiger partial charge in [0.25, 0.3) is 0 Å². The lowest BCUT2D eigenvalue weighted by Gasteiger charge is -1.97. The van der Waals surface area contributed by atoms with Gasteiger partial charge in [0.05, 0.1) is 12.2 Å². The molecule has 0 spiro atoms. The summed E-state index contributed by atoms with van der Waals surface area (Å²) >= 11 is 1.38. The first-order chi connectivity index (χ1) is 9.13. The number of carboxylic acids is 1. The molecule has 1 aromatic heterocycles. The second kappa shape index (κ2) is 6.33. The maximum atomic E-state index is 13.0. The van der Waals surface area contributed by atoms with Gasteiger partial charge in [0, 0.05) is 11.3 Å². The summed E-state index contributed by atoms with van der Waals surface area (Å²) in [5.74, 6) is 0.0149. The smallest absolute Gasteiger partial charge is 0.303 e. The summed E-state index contributed by atoms with van der Waals surface area (Å²) in [5.41, 5.74) is 0. The fourth-order valence-corrected chi connectivity index (χ4v) is 2.15. The Balaban J connectivity index is 1.88. The molecule has 19 heavy (non-hydrogen) atoms. The number of hydrogen-bond donors (Lipinski definition) is 1. The highest BCUT2D eigenvalue weighted by molar-refractivity contribution is 7.98. The molecule has 0 bridgehead atoms. The zero-order valence-electron chi connectivity index (χ0n) is 9.88. The van der Waals surface area contributed by atoms with Gasteiger partial charge in [-0.05, 0) is 18.2 Å². The van der Waals surface area contributed by atoms with E-state index in [1.54, 1.807) is 12.1 Å². The van der Waals surface area contributed by atoms with Crippen LogP contribution in [0.2, 0.25) is 0 Å². The quantitative estimate of drug-likeness (QED) is 0.820. The second-order valence-electron chi connectivity index (χ2n) is 3.74. The SMILES string of the molecule is O=C(O)CCc1nc(CSc2cccc(F)c2)no1. The number of carboxylic acid groups (broad SMARTS) is 1. The average Bonchev–Trinajstić information content (AvgIpc) is 2.82. The number of rotatable bonds is 6. The highest BCUT2D eigenvalue weighted by Crippen LogP contribution is 2.22. The number of nitrogens with zero attached hydrogens (tertiary/aromatic N) is 2. The molecule has 1 heterocycles. The average molecular weight is 282 g/mol. The zero-order valence-corrected chi connectivity index (χ0v) is 10.7. The van der Waals surface area contributed by atoms with Crippen LogP contribution in [0.25, 0.3) is 0 Å². The first-order valence-corrected chi connectivity index (χ1v) is 6.53. The zero-order chi connectivity index (χ0) is 13.7. The molecule has 0 aliphatic rings. The largest absolute Gasteiger partial charge is 0.481 e. The molecule has 0 radical (unpaired) electrons. The third kappa shape index (κ3) is 4.36.